The van der Waals surface area contributed by atoms with Crippen molar-refractivity contribution in [3.63, 3.8) is 0 Å². The van der Waals surface area contributed by atoms with Crippen LogP contribution in [0.5, 0.6) is 0 Å². The smallest absolute Gasteiger partial charge is 0.0991 e. The van der Waals surface area contributed by atoms with Crippen molar-refractivity contribution in [2.45, 2.75) is 19.9 Å². The van der Waals surface area contributed by atoms with E-state index in [4.69, 9.17) is 5.26 Å². The molecule has 0 aliphatic rings. The first-order valence-electron chi connectivity index (χ1n) is 6.13. The lowest BCUT2D eigenvalue weighted by Gasteiger charge is -2.07. The summed E-state index contributed by atoms with van der Waals surface area (Å²) < 4.78 is 0. The first kappa shape index (κ1) is 12.2. The average molecular weight is 236 g/mol. The van der Waals surface area contributed by atoms with Gasteiger partial charge in [-0.25, -0.2) is 0 Å². The molecule has 0 radical (unpaired) electrons. The van der Waals surface area contributed by atoms with Crippen LogP contribution in [0.2, 0.25) is 0 Å². The summed E-state index contributed by atoms with van der Waals surface area (Å²) in [4.78, 5) is 0. The lowest BCUT2D eigenvalue weighted by Crippen LogP contribution is -1.99. The van der Waals surface area contributed by atoms with Gasteiger partial charge in [-0.1, -0.05) is 31.2 Å². The van der Waals surface area contributed by atoms with Crippen LogP contribution in [-0.2, 0) is 13.0 Å². The van der Waals surface area contributed by atoms with Gasteiger partial charge >= 0.3 is 0 Å². The van der Waals surface area contributed by atoms with Crippen molar-refractivity contribution in [2.75, 3.05) is 5.32 Å². The van der Waals surface area contributed by atoms with Crippen LogP contribution in [0, 0.1) is 11.3 Å². The maximum Gasteiger partial charge on any atom is 0.0991 e. The minimum Gasteiger partial charge on any atom is -0.381 e. The highest BCUT2D eigenvalue weighted by molar-refractivity contribution is 5.45. The van der Waals surface area contributed by atoms with E-state index in [-0.39, 0.29) is 0 Å². The number of anilines is 1. The predicted molar refractivity (Wildman–Crippen MR) is 74.3 cm³/mol. The molecule has 18 heavy (non-hydrogen) atoms. The van der Waals surface area contributed by atoms with E-state index in [1.54, 1.807) is 0 Å². The molecule has 0 saturated carbocycles. The zero-order valence-corrected chi connectivity index (χ0v) is 10.5. The summed E-state index contributed by atoms with van der Waals surface area (Å²) in [6.07, 6.45) is 1.06. The normalized spacial score (nSPS) is 9.78. The van der Waals surface area contributed by atoms with Gasteiger partial charge in [-0.3, -0.25) is 0 Å². The molecule has 2 heteroatoms. The molecule has 90 valence electrons. The molecule has 0 heterocycles. The molecule has 2 nitrogen and oxygen atoms in total. The fourth-order valence-electron chi connectivity index (χ4n) is 1.81. The number of hydrogen-bond acceptors (Lipinski definition) is 2. The molecule has 0 saturated heterocycles. The van der Waals surface area contributed by atoms with Crippen molar-refractivity contribution in [2.24, 2.45) is 0 Å². The highest BCUT2D eigenvalue weighted by Crippen LogP contribution is 2.12. The van der Waals surface area contributed by atoms with E-state index in [9.17, 15) is 0 Å². The summed E-state index contributed by atoms with van der Waals surface area (Å²) in [5.41, 5.74) is 4.27. The monoisotopic (exact) mass is 236 g/mol. The van der Waals surface area contributed by atoms with E-state index in [1.807, 2.05) is 24.3 Å². The molecule has 0 fully saturated rings. The van der Waals surface area contributed by atoms with Gasteiger partial charge in [0.2, 0.25) is 0 Å². The molecule has 0 spiro atoms. The number of nitrogens with one attached hydrogen (secondary N) is 1. The number of nitriles is 1. The molecule has 2 rings (SSSR count). The molecular formula is C16H16N2. The van der Waals surface area contributed by atoms with E-state index in [0.29, 0.717) is 5.56 Å². The van der Waals surface area contributed by atoms with Crippen LogP contribution in [0.1, 0.15) is 23.6 Å². The third-order valence-electron chi connectivity index (χ3n) is 2.91. The third-order valence-corrected chi connectivity index (χ3v) is 2.91. The molecule has 1 N–H and O–H groups in total. The van der Waals surface area contributed by atoms with E-state index < -0.39 is 0 Å². The molecule has 2 aromatic carbocycles. The first-order valence-corrected chi connectivity index (χ1v) is 6.13. The summed E-state index contributed by atoms with van der Waals surface area (Å²) in [7, 11) is 0. The lowest BCUT2D eigenvalue weighted by atomic mass is 10.1. The van der Waals surface area contributed by atoms with Crippen molar-refractivity contribution >= 4 is 5.69 Å². The molecule has 0 unspecified atom stereocenters. The standard InChI is InChI=1S/C16H16N2/c1-2-13-6-8-16(9-7-13)18-12-15-5-3-4-14(10-15)11-17/h3-10,18H,2,12H2,1H3. The SMILES string of the molecule is CCc1ccc(NCc2cccc(C#N)c2)cc1. The Bertz CT molecular complexity index is 550. The summed E-state index contributed by atoms with van der Waals surface area (Å²) in [5, 5.41) is 12.2. The van der Waals surface area contributed by atoms with E-state index >= 15 is 0 Å². The van der Waals surface area contributed by atoms with Crippen LogP contribution >= 0.6 is 0 Å². The Morgan fingerprint density at radius 2 is 1.83 bits per heavy atom. The van der Waals surface area contributed by atoms with Crippen molar-refractivity contribution < 1.29 is 0 Å². The summed E-state index contributed by atoms with van der Waals surface area (Å²) in [6.45, 7) is 2.89. The van der Waals surface area contributed by atoms with Crippen molar-refractivity contribution in [3.05, 3.63) is 65.2 Å². The average Bonchev–Trinajstić information content (AvgIpc) is 2.46. The Balaban J connectivity index is 2.00. The maximum atomic E-state index is 8.83. The number of rotatable bonds is 4. The van der Waals surface area contributed by atoms with Crippen LogP contribution in [0.15, 0.2) is 48.5 Å². The van der Waals surface area contributed by atoms with Gasteiger partial charge in [0.15, 0.2) is 0 Å². The summed E-state index contributed by atoms with van der Waals surface area (Å²) in [5.74, 6) is 0. The number of nitrogens with zero attached hydrogens (tertiary/aromatic N) is 1. The van der Waals surface area contributed by atoms with Gasteiger partial charge in [0.05, 0.1) is 11.6 Å². The largest absolute Gasteiger partial charge is 0.381 e. The second-order valence-electron chi connectivity index (χ2n) is 4.22. The van der Waals surface area contributed by atoms with Crippen molar-refractivity contribution in [1.29, 1.82) is 5.26 Å². The lowest BCUT2D eigenvalue weighted by molar-refractivity contribution is 1.12. The molecule has 0 aliphatic heterocycles. The zero-order valence-electron chi connectivity index (χ0n) is 10.5. The molecular weight excluding hydrogens is 220 g/mol. The Kier molecular flexibility index (Phi) is 3.98. The van der Waals surface area contributed by atoms with E-state index in [1.165, 1.54) is 5.56 Å². The van der Waals surface area contributed by atoms with E-state index in [2.05, 4.69) is 42.6 Å². The second kappa shape index (κ2) is 5.88. The molecule has 0 aromatic heterocycles. The Morgan fingerprint density at radius 3 is 2.50 bits per heavy atom. The fraction of sp³-hybridized carbons (Fsp3) is 0.188. The van der Waals surface area contributed by atoms with Crippen LogP contribution in [0.3, 0.4) is 0 Å². The van der Waals surface area contributed by atoms with Crippen LogP contribution in [0.4, 0.5) is 5.69 Å². The maximum absolute atomic E-state index is 8.83. The minimum absolute atomic E-state index is 0.704. The fourth-order valence-corrected chi connectivity index (χ4v) is 1.81. The van der Waals surface area contributed by atoms with Gasteiger partial charge in [0.25, 0.3) is 0 Å². The zero-order chi connectivity index (χ0) is 12.8. The highest BCUT2D eigenvalue weighted by atomic mass is 14.9. The van der Waals surface area contributed by atoms with Gasteiger partial charge in [-0.15, -0.1) is 0 Å². The predicted octanol–water partition coefficient (Wildman–Crippen LogP) is 3.73. The van der Waals surface area contributed by atoms with Crippen LogP contribution in [-0.4, -0.2) is 0 Å². The van der Waals surface area contributed by atoms with Crippen molar-refractivity contribution in [3.8, 4) is 6.07 Å². The topological polar surface area (TPSA) is 35.8 Å². The third kappa shape index (κ3) is 3.11. The molecule has 0 atom stereocenters. The van der Waals surface area contributed by atoms with Gasteiger partial charge in [-0.2, -0.15) is 5.26 Å². The van der Waals surface area contributed by atoms with Crippen molar-refractivity contribution in [1.82, 2.24) is 0 Å². The molecule has 0 amide bonds. The van der Waals surface area contributed by atoms with Gasteiger partial charge < -0.3 is 5.32 Å². The van der Waals surface area contributed by atoms with Gasteiger partial charge in [-0.05, 0) is 41.8 Å². The minimum atomic E-state index is 0.704. The summed E-state index contributed by atoms with van der Waals surface area (Å²) >= 11 is 0. The molecule has 0 aliphatic carbocycles. The van der Waals surface area contributed by atoms with E-state index in [0.717, 1.165) is 24.2 Å². The van der Waals surface area contributed by atoms with Gasteiger partial charge in [0.1, 0.15) is 0 Å². The van der Waals surface area contributed by atoms with Gasteiger partial charge in [0, 0.05) is 12.2 Å². The second-order valence-corrected chi connectivity index (χ2v) is 4.22. The Morgan fingerprint density at radius 1 is 1.06 bits per heavy atom. The first-order chi connectivity index (χ1) is 8.81. The number of aryl methyl sites for hydroxylation is 1. The highest BCUT2D eigenvalue weighted by Gasteiger charge is 1.96. The summed E-state index contributed by atoms with van der Waals surface area (Å²) in [6, 6.07) is 18.3. The van der Waals surface area contributed by atoms with Crippen LogP contribution in [0.25, 0.3) is 0 Å². The number of benzene rings is 2. The quantitative estimate of drug-likeness (QED) is 0.878. The number of hydrogen-bond donors (Lipinski definition) is 1. The van der Waals surface area contributed by atoms with Crippen LogP contribution < -0.4 is 5.32 Å². The molecule has 0 bridgehead atoms. The Labute approximate surface area is 108 Å². The Hall–Kier alpha value is -2.27. The molecule has 2 aromatic rings.